The predicted molar refractivity (Wildman–Crippen MR) is 67.8 cm³/mol. The maximum Gasteiger partial charge on any atom is 0.322 e. The third-order valence-electron chi connectivity index (χ3n) is 2.58. The summed E-state index contributed by atoms with van der Waals surface area (Å²) in [6, 6.07) is 13.1. The fraction of sp³-hybridized carbons (Fsp3) is 0.154. The fourth-order valence-electron chi connectivity index (χ4n) is 1.58. The molecule has 4 nitrogen and oxygen atoms in total. The van der Waals surface area contributed by atoms with Crippen LogP contribution in [0.1, 0.15) is 6.92 Å². The van der Waals surface area contributed by atoms with Gasteiger partial charge in [-0.05, 0) is 18.4 Å². The summed E-state index contributed by atoms with van der Waals surface area (Å²) in [4.78, 5) is 10.7. The molecule has 0 aliphatic heterocycles. The summed E-state index contributed by atoms with van der Waals surface area (Å²) in [5, 5.41) is 10.9. The topological polar surface area (TPSA) is 61.4 Å². The number of fused-ring (bicyclic) bond motifs is 1. The largest absolute Gasteiger partial charge is 0.480 e. The van der Waals surface area contributed by atoms with E-state index in [0.717, 1.165) is 16.5 Å². The zero-order valence-corrected chi connectivity index (χ0v) is 9.47. The van der Waals surface area contributed by atoms with Gasteiger partial charge >= 0.3 is 5.97 Å². The van der Waals surface area contributed by atoms with Crippen LogP contribution in [0.4, 0.5) is 5.69 Å². The van der Waals surface area contributed by atoms with E-state index in [1.165, 1.54) is 0 Å². The molecule has 0 aromatic heterocycles. The number of hydrazine groups is 1. The summed E-state index contributed by atoms with van der Waals surface area (Å²) >= 11 is 0. The van der Waals surface area contributed by atoms with Crippen LogP contribution in [-0.2, 0) is 4.79 Å². The minimum Gasteiger partial charge on any atom is -0.480 e. The Morgan fingerprint density at radius 2 is 1.88 bits per heavy atom. The number of benzene rings is 2. The molecular weight excluding hydrogens is 216 g/mol. The van der Waals surface area contributed by atoms with Crippen LogP contribution in [0.25, 0.3) is 10.8 Å². The molecule has 0 radical (unpaired) electrons. The standard InChI is InChI=1S/C13H14N2O2/c1-9(13(16)17)14-15-12-8-4-6-10-5-2-3-7-11(10)12/h2-9,14-15H,1H3,(H,16,17)/t9-/m0/s1. The second-order valence-electron chi connectivity index (χ2n) is 3.86. The van der Waals surface area contributed by atoms with Gasteiger partial charge in [0, 0.05) is 5.39 Å². The average Bonchev–Trinajstić information content (AvgIpc) is 2.35. The second kappa shape index (κ2) is 4.84. The maximum absolute atomic E-state index is 10.7. The summed E-state index contributed by atoms with van der Waals surface area (Å²) in [6.45, 7) is 1.58. The number of aliphatic carboxylic acids is 1. The first kappa shape index (κ1) is 11.4. The van der Waals surface area contributed by atoms with Gasteiger partial charge in [0.2, 0.25) is 0 Å². The van der Waals surface area contributed by atoms with E-state index < -0.39 is 12.0 Å². The van der Waals surface area contributed by atoms with Gasteiger partial charge in [-0.1, -0.05) is 36.4 Å². The molecule has 4 heteroatoms. The molecule has 0 aliphatic rings. The number of rotatable bonds is 4. The molecule has 2 aromatic rings. The Kier molecular flexibility index (Phi) is 3.25. The third-order valence-corrected chi connectivity index (χ3v) is 2.58. The van der Waals surface area contributed by atoms with Gasteiger partial charge in [0.15, 0.2) is 0 Å². The molecule has 0 saturated carbocycles. The summed E-state index contributed by atoms with van der Waals surface area (Å²) in [6.07, 6.45) is 0. The van der Waals surface area contributed by atoms with Crippen LogP contribution in [0.2, 0.25) is 0 Å². The number of anilines is 1. The maximum atomic E-state index is 10.7. The summed E-state index contributed by atoms with van der Waals surface area (Å²) in [5.41, 5.74) is 6.55. The normalized spacial score (nSPS) is 12.3. The van der Waals surface area contributed by atoms with Crippen LogP contribution in [0.5, 0.6) is 0 Å². The van der Waals surface area contributed by atoms with E-state index in [-0.39, 0.29) is 0 Å². The molecule has 17 heavy (non-hydrogen) atoms. The summed E-state index contributed by atoms with van der Waals surface area (Å²) in [7, 11) is 0. The highest BCUT2D eigenvalue weighted by Gasteiger charge is 2.09. The van der Waals surface area contributed by atoms with Crippen molar-refractivity contribution in [2.75, 3.05) is 5.43 Å². The van der Waals surface area contributed by atoms with Crippen molar-refractivity contribution in [1.29, 1.82) is 0 Å². The molecule has 2 rings (SSSR count). The Hall–Kier alpha value is -2.07. The van der Waals surface area contributed by atoms with E-state index in [9.17, 15) is 4.79 Å². The van der Waals surface area contributed by atoms with Crippen LogP contribution < -0.4 is 10.9 Å². The van der Waals surface area contributed by atoms with Crippen LogP contribution in [0.15, 0.2) is 42.5 Å². The van der Waals surface area contributed by atoms with Crippen LogP contribution in [0, 0.1) is 0 Å². The molecular formula is C13H14N2O2. The van der Waals surface area contributed by atoms with Crippen molar-refractivity contribution in [3.63, 3.8) is 0 Å². The zero-order chi connectivity index (χ0) is 12.3. The SMILES string of the molecule is C[C@H](NNc1cccc2ccccc12)C(=O)O. The van der Waals surface area contributed by atoms with Crippen molar-refractivity contribution in [2.45, 2.75) is 13.0 Å². The Labute approximate surface area is 99.2 Å². The van der Waals surface area contributed by atoms with Crippen LogP contribution >= 0.6 is 0 Å². The zero-order valence-electron chi connectivity index (χ0n) is 9.47. The Balaban J connectivity index is 2.21. The number of hydrogen-bond acceptors (Lipinski definition) is 3. The molecule has 2 aromatic carbocycles. The van der Waals surface area contributed by atoms with Crippen molar-refractivity contribution < 1.29 is 9.90 Å². The Morgan fingerprint density at radius 1 is 1.18 bits per heavy atom. The van der Waals surface area contributed by atoms with E-state index in [1.807, 2.05) is 42.5 Å². The molecule has 0 unspecified atom stereocenters. The highest BCUT2D eigenvalue weighted by atomic mass is 16.4. The number of nitrogens with one attached hydrogen (secondary N) is 2. The minimum atomic E-state index is -0.891. The molecule has 0 saturated heterocycles. The molecule has 0 bridgehead atoms. The lowest BCUT2D eigenvalue weighted by molar-refractivity contribution is -0.138. The molecule has 0 aliphatic carbocycles. The highest BCUT2D eigenvalue weighted by Crippen LogP contribution is 2.22. The minimum absolute atomic E-state index is 0.644. The third kappa shape index (κ3) is 2.54. The molecule has 0 spiro atoms. The van der Waals surface area contributed by atoms with Gasteiger partial charge in [-0.25, -0.2) is 5.43 Å². The van der Waals surface area contributed by atoms with E-state index in [0.29, 0.717) is 0 Å². The van der Waals surface area contributed by atoms with Crippen molar-refractivity contribution in [2.24, 2.45) is 0 Å². The molecule has 1 atom stereocenters. The molecule has 0 fully saturated rings. The van der Waals surface area contributed by atoms with Gasteiger partial charge in [0.1, 0.15) is 6.04 Å². The monoisotopic (exact) mass is 230 g/mol. The fourth-order valence-corrected chi connectivity index (χ4v) is 1.58. The number of carboxylic acid groups (broad SMARTS) is 1. The average molecular weight is 230 g/mol. The number of carbonyl (C=O) groups is 1. The Bertz CT molecular complexity index is 534. The summed E-state index contributed by atoms with van der Waals surface area (Å²) < 4.78 is 0. The number of carboxylic acids is 1. The van der Waals surface area contributed by atoms with Crippen molar-refractivity contribution in [3.8, 4) is 0 Å². The first-order valence-electron chi connectivity index (χ1n) is 5.40. The smallest absolute Gasteiger partial charge is 0.322 e. The quantitative estimate of drug-likeness (QED) is 0.705. The van der Waals surface area contributed by atoms with Gasteiger partial charge in [-0.15, -0.1) is 0 Å². The highest BCUT2D eigenvalue weighted by molar-refractivity contribution is 5.93. The first-order chi connectivity index (χ1) is 8.18. The van der Waals surface area contributed by atoms with Crippen molar-refractivity contribution in [1.82, 2.24) is 5.43 Å². The van der Waals surface area contributed by atoms with Crippen molar-refractivity contribution >= 4 is 22.4 Å². The van der Waals surface area contributed by atoms with E-state index in [1.54, 1.807) is 6.92 Å². The molecule has 0 amide bonds. The van der Waals surface area contributed by atoms with Crippen molar-refractivity contribution in [3.05, 3.63) is 42.5 Å². The molecule has 0 heterocycles. The number of hydrogen-bond donors (Lipinski definition) is 3. The van der Waals surface area contributed by atoms with E-state index in [4.69, 9.17) is 5.11 Å². The van der Waals surface area contributed by atoms with E-state index >= 15 is 0 Å². The second-order valence-corrected chi connectivity index (χ2v) is 3.86. The van der Waals surface area contributed by atoms with Crippen LogP contribution in [-0.4, -0.2) is 17.1 Å². The lowest BCUT2D eigenvalue weighted by atomic mass is 10.1. The lowest BCUT2D eigenvalue weighted by Crippen LogP contribution is -2.37. The van der Waals surface area contributed by atoms with Gasteiger partial charge in [0.25, 0.3) is 0 Å². The van der Waals surface area contributed by atoms with Gasteiger partial charge in [-0.3, -0.25) is 4.79 Å². The van der Waals surface area contributed by atoms with Gasteiger partial charge in [-0.2, -0.15) is 0 Å². The Morgan fingerprint density at radius 3 is 2.65 bits per heavy atom. The first-order valence-corrected chi connectivity index (χ1v) is 5.40. The lowest BCUT2D eigenvalue weighted by Gasteiger charge is -2.13. The van der Waals surface area contributed by atoms with Gasteiger partial charge < -0.3 is 10.5 Å². The molecule has 3 N–H and O–H groups in total. The van der Waals surface area contributed by atoms with E-state index in [2.05, 4.69) is 10.9 Å². The van der Waals surface area contributed by atoms with Crippen LogP contribution in [0.3, 0.4) is 0 Å². The molecule has 88 valence electrons. The summed E-state index contributed by atoms with van der Waals surface area (Å²) in [5.74, 6) is -0.891. The predicted octanol–water partition coefficient (Wildman–Crippen LogP) is 2.23. The van der Waals surface area contributed by atoms with Gasteiger partial charge in [0.05, 0.1) is 5.69 Å².